The number of carboxylic acids is 2. The maximum absolute atomic E-state index is 13.6. The average molecular weight is 603 g/mol. The summed E-state index contributed by atoms with van der Waals surface area (Å²) in [5, 5.41) is 31.7. The molecule has 44 heavy (non-hydrogen) atoms. The molecule has 1 aliphatic heterocycles. The van der Waals surface area contributed by atoms with Gasteiger partial charge >= 0.3 is 11.9 Å². The first-order chi connectivity index (χ1) is 21.2. The Balaban J connectivity index is 1.34. The smallest absolute Gasteiger partial charge is 0.326 e. The third kappa shape index (κ3) is 7.06. The van der Waals surface area contributed by atoms with Crippen molar-refractivity contribution >= 4 is 51.5 Å². The van der Waals surface area contributed by atoms with Gasteiger partial charge in [0.1, 0.15) is 18.1 Å². The highest BCUT2D eigenvalue weighted by molar-refractivity contribution is 5.96. The van der Waals surface area contributed by atoms with Crippen LogP contribution in [0.4, 0.5) is 0 Å². The minimum Gasteiger partial charge on any atom is -0.481 e. The first-order valence-corrected chi connectivity index (χ1v) is 14.4. The average Bonchev–Trinajstić information content (AvgIpc) is 3.77. The molecule has 8 N–H and O–H groups in total. The van der Waals surface area contributed by atoms with E-state index in [2.05, 4.69) is 31.2 Å². The van der Waals surface area contributed by atoms with Gasteiger partial charge in [-0.25, -0.2) is 4.79 Å². The molecule has 1 fully saturated rings. The Kier molecular flexibility index (Phi) is 9.24. The summed E-state index contributed by atoms with van der Waals surface area (Å²) in [4.78, 5) is 70.0. The van der Waals surface area contributed by atoms with Crippen LogP contribution in [0.1, 0.15) is 30.4 Å². The minimum atomic E-state index is -1.60. The molecule has 13 heteroatoms. The van der Waals surface area contributed by atoms with Crippen LogP contribution in [0.2, 0.25) is 0 Å². The topological polar surface area (TPSA) is 206 Å². The summed E-state index contributed by atoms with van der Waals surface area (Å²) in [6, 6.07) is 10.1. The van der Waals surface area contributed by atoms with Crippen LogP contribution in [0.15, 0.2) is 60.9 Å². The van der Waals surface area contributed by atoms with Crippen LogP contribution in [0, 0.1) is 0 Å². The van der Waals surface area contributed by atoms with E-state index >= 15 is 0 Å². The number of hydrogen-bond acceptors (Lipinski definition) is 6. The number of amides is 3. The Hall–Kier alpha value is -5.17. The summed E-state index contributed by atoms with van der Waals surface area (Å²) in [7, 11) is 0. The molecule has 3 amide bonds. The highest BCUT2D eigenvalue weighted by Gasteiger charge is 2.33. The van der Waals surface area contributed by atoms with E-state index in [1.54, 1.807) is 18.5 Å². The Morgan fingerprint density at radius 1 is 0.750 bits per heavy atom. The molecule has 1 aliphatic rings. The number of aromatic amines is 2. The zero-order valence-corrected chi connectivity index (χ0v) is 23.8. The molecule has 0 aliphatic carbocycles. The van der Waals surface area contributed by atoms with Gasteiger partial charge in [-0.1, -0.05) is 36.4 Å². The number of aliphatic carboxylic acids is 2. The molecule has 0 bridgehead atoms. The number of hydrogen-bond donors (Lipinski definition) is 8. The van der Waals surface area contributed by atoms with E-state index in [0.717, 1.165) is 33.8 Å². The zero-order chi connectivity index (χ0) is 31.2. The predicted octanol–water partition coefficient (Wildman–Crippen LogP) is 1.20. The zero-order valence-electron chi connectivity index (χ0n) is 23.8. The van der Waals surface area contributed by atoms with E-state index in [9.17, 15) is 34.2 Å². The molecule has 4 aromatic rings. The second kappa shape index (κ2) is 13.4. The molecule has 3 heterocycles. The number of H-pyrrole nitrogens is 2. The minimum absolute atomic E-state index is 0.0635. The number of aromatic nitrogens is 2. The number of carboxylic acid groups (broad SMARTS) is 2. The molecular weight excluding hydrogens is 568 g/mol. The number of rotatable bonds is 13. The largest absolute Gasteiger partial charge is 0.481 e. The molecule has 1 saturated heterocycles. The van der Waals surface area contributed by atoms with Crippen molar-refractivity contribution in [2.75, 3.05) is 6.54 Å². The first-order valence-electron chi connectivity index (χ1n) is 14.4. The van der Waals surface area contributed by atoms with Crippen molar-refractivity contribution < 1.29 is 34.2 Å². The van der Waals surface area contributed by atoms with Gasteiger partial charge in [-0.15, -0.1) is 0 Å². The van der Waals surface area contributed by atoms with Gasteiger partial charge in [0.2, 0.25) is 17.7 Å². The van der Waals surface area contributed by atoms with Gasteiger partial charge in [0.05, 0.1) is 12.5 Å². The molecule has 4 atom stereocenters. The lowest BCUT2D eigenvalue weighted by molar-refractivity contribution is -0.143. The summed E-state index contributed by atoms with van der Waals surface area (Å²) in [5.74, 6) is -4.82. The standard InChI is InChI=1S/C31H34N6O7/c38-27(39)14-25(30(42)37-26(31(43)44)13-18-16-34-22-9-4-2-7-20(18)22)36-29(41)24(35-28(40)23-10-5-11-32-23)12-17-15-33-21-8-3-1-6-19(17)21/h1-4,6-9,15-16,23-26,32-34H,5,10-14H2,(H,35,40)(H,36,41)(H,37,42)(H,38,39)(H,43,44). The number of fused-ring (bicyclic) bond motifs is 2. The molecule has 230 valence electrons. The monoisotopic (exact) mass is 602 g/mol. The van der Waals surface area contributed by atoms with Gasteiger partial charge in [-0.3, -0.25) is 19.2 Å². The summed E-state index contributed by atoms with van der Waals surface area (Å²) in [5.41, 5.74) is 3.02. The van der Waals surface area contributed by atoms with Crippen LogP contribution in [0.5, 0.6) is 0 Å². The van der Waals surface area contributed by atoms with Crippen LogP contribution < -0.4 is 21.3 Å². The van der Waals surface area contributed by atoms with Gasteiger partial charge in [0.15, 0.2) is 0 Å². The molecule has 2 aromatic carbocycles. The first kappa shape index (κ1) is 30.3. The number of para-hydroxylation sites is 2. The highest BCUT2D eigenvalue weighted by Crippen LogP contribution is 2.21. The fraction of sp³-hybridized carbons (Fsp3) is 0.323. The van der Waals surface area contributed by atoms with E-state index in [1.807, 2.05) is 42.5 Å². The van der Waals surface area contributed by atoms with Crippen molar-refractivity contribution in [3.05, 3.63) is 72.1 Å². The van der Waals surface area contributed by atoms with Crippen molar-refractivity contribution in [1.29, 1.82) is 0 Å². The van der Waals surface area contributed by atoms with Gasteiger partial charge in [-0.05, 0) is 42.6 Å². The molecule has 4 unspecified atom stereocenters. The van der Waals surface area contributed by atoms with E-state index in [-0.39, 0.29) is 18.7 Å². The highest BCUT2D eigenvalue weighted by atomic mass is 16.4. The lowest BCUT2D eigenvalue weighted by Crippen LogP contribution is -2.58. The molecule has 0 radical (unpaired) electrons. The van der Waals surface area contributed by atoms with Gasteiger partial charge in [0, 0.05) is 47.0 Å². The molecule has 0 spiro atoms. The third-order valence-electron chi connectivity index (χ3n) is 7.83. The maximum Gasteiger partial charge on any atom is 0.326 e. The summed E-state index contributed by atoms with van der Waals surface area (Å²) < 4.78 is 0. The van der Waals surface area contributed by atoms with E-state index in [4.69, 9.17) is 0 Å². The van der Waals surface area contributed by atoms with E-state index < -0.39 is 54.3 Å². The third-order valence-corrected chi connectivity index (χ3v) is 7.83. The Bertz CT molecular complexity index is 1690. The number of nitrogens with one attached hydrogen (secondary N) is 6. The van der Waals surface area contributed by atoms with Crippen molar-refractivity contribution in [3.8, 4) is 0 Å². The van der Waals surface area contributed by atoms with E-state index in [1.165, 1.54) is 0 Å². The normalized spacial score (nSPS) is 16.7. The van der Waals surface area contributed by atoms with Crippen molar-refractivity contribution in [3.63, 3.8) is 0 Å². The molecule has 13 nitrogen and oxygen atoms in total. The van der Waals surface area contributed by atoms with Crippen LogP contribution in [-0.2, 0) is 36.8 Å². The predicted molar refractivity (Wildman–Crippen MR) is 161 cm³/mol. The van der Waals surface area contributed by atoms with Crippen molar-refractivity contribution in [2.24, 2.45) is 0 Å². The fourth-order valence-corrected chi connectivity index (χ4v) is 5.56. The van der Waals surface area contributed by atoms with Crippen LogP contribution in [0.25, 0.3) is 21.8 Å². The number of carbonyl (C=O) groups is 5. The maximum atomic E-state index is 13.6. The number of carbonyl (C=O) groups excluding carboxylic acids is 3. The van der Waals surface area contributed by atoms with Crippen LogP contribution >= 0.6 is 0 Å². The fourth-order valence-electron chi connectivity index (χ4n) is 5.56. The Morgan fingerprint density at radius 3 is 1.84 bits per heavy atom. The summed E-state index contributed by atoms with van der Waals surface area (Å²) >= 11 is 0. The molecular formula is C31H34N6O7. The van der Waals surface area contributed by atoms with Crippen molar-refractivity contribution in [2.45, 2.75) is 56.3 Å². The second-order valence-corrected chi connectivity index (χ2v) is 10.9. The summed E-state index contributed by atoms with van der Waals surface area (Å²) in [6.07, 6.45) is 3.98. The second-order valence-electron chi connectivity index (χ2n) is 10.9. The van der Waals surface area contributed by atoms with Gasteiger partial charge in [0.25, 0.3) is 0 Å². The molecule has 0 saturated carbocycles. The van der Waals surface area contributed by atoms with Crippen LogP contribution in [-0.4, -0.2) is 80.6 Å². The van der Waals surface area contributed by atoms with Crippen molar-refractivity contribution in [1.82, 2.24) is 31.2 Å². The van der Waals surface area contributed by atoms with Gasteiger partial charge in [-0.2, -0.15) is 0 Å². The van der Waals surface area contributed by atoms with E-state index in [0.29, 0.717) is 18.5 Å². The molecule has 2 aromatic heterocycles. The number of benzene rings is 2. The lowest BCUT2D eigenvalue weighted by Gasteiger charge is -2.24. The van der Waals surface area contributed by atoms with Crippen LogP contribution in [0.3, 0.4) is 0 Å². The Labute approximate surface area is 251 Å². The lowest BCUT2D eigenvalue weighted by atomic mass is 10.0. The summed E-state index contributed by atoms with van der Waals surface area (Å²) in [6.45, 7) is 0.668. The molecule has 5 rings (SSSR count). The quantitative estimate of drug-likeness (QED) is 0.111. The Morgan fingerprint density at radius 2 is 1.30 bits per heavy atom. The SMILES string of the molecule is O=C(O)CC(NC(=O)C(Cc1c[nH]c2ccccc12)NC(=O)C1CCCN1)C(=O)NC(Cc1c[nH]c2ccccc12)C(=O)O. The van der Waals surface area contributed by atoms with Gasteiger partial charge < -0.3 is 41.4 Å².